The minimum atomic E-state index is -0.0491. The lowest BCUT2D eigenvalue weighted by Crippen LogP contribution is -2.26. The van der Waals surface area contributed by atoms with E-state index in [4.69, 9.17) is 5.73 Å². The van der Waals surface area contributed by atoms with Gasteiger partial charge in [-0.25, -0.2) is 4.98 Å². The molecule has 1 heterocycles. The number of hydrogen-bond acceptors (Lipinski definition) is 4. The van der Waals surface area contributed by atoms with Crippen LogP contribution in [0.1, 0.15) is 20.9 Å². The number of benzene rings is 1. The van der Waals surface area contributed by atoms with Crippen molar-refractivity contribution >= 4 is 38.9 Å². The molecule has 0 spiro atoms. The molecular weight excluding hydrogens is 326 g/mol. The topological polar surface area (TPSA) is 59.2 Å². The smallest absolute Gasteiger partial charge is 0.253 e. The summed E-state index contributed by atoms with van der Waals surface area (Å²) < 4.78 is 0.796. The van der Waals surface area contributed by atoms with Gasteiger partial charge in [0.2, 0.25) is 0 Å². The maximum absolute atomic E-state index is 12.3. The number of thiazole rings is 1. The van der Waals surface area contributed by atoms with Gasteiger partial charge < -0.3 is 10.6 Å². The van der Waals surface area contributed by atoms with Crippen LogP contribution in [0.4, 0.5) is 5.69 Å². The molecule has 1 aromatic carbocycles. The molecule has 6 heteroatoms. The van der Waals surface area contributed by atoms with Crippen molar-refractivity contribution in [3.8, 4) is 0 Å². The number of nitrogens with two attached hydrogens (primary N) is 1. The second-order valence-corrected chi connectivity index (χ2v) is 6.05. The molecule has 1 amide bonds. The number of amides is 1. The number of hydrogen-bond donors (Lipinski definition) is 1. The van der Waals surface area contributed by atoms with Crippen molar-refractivity contribution in [3.63, 3.8) is 0 Å². The molecule has 0 saturated heterocycles. The molecule has 4 nitrogen and oxygen atoms in total. The Morgan fingerprint density at radius 1 is 1.53 bits per heavy atom. The van der Waals surface area contributed by atoms with Crippen molar-refractivity contribution < 1.29 is 4.79 Å². The quantitative estimate of drug-likeness (QED) is 0.874. The molecule has 0 atom stereocenters. The van der Waals surface area contributed by atoms with Gasteiger partial charge in [0.1, 0.15) is 0 Å². The van der Waals surface area contributed by atoms with E-state index >= 15 is 0 Å². The molecule has 2 aromatic rings. The zero-order valence-electron chi connectivity index (χ0n) is 10.7. The van der Waals surface area contributed by atoms with E-state index in [-0.39, 0.29) is 5.91 Å². The first-order valence-corrected chi connectivity index (χ1v) is 7.35. The van der Waals surface area contributed by atoms with E-state index in [0.717, 1.165) is 15.0 Å². The van der Waals surface area contributed by atoms with Gasteiger partial charge in [-0.2, -0.15) is 0 Å². The lowest BCUT2D eigenvalue weighted by molar-refractivity contribution is 0.0786. The molecule has 0 saturated carbocycles. The summed E-state index contributed by atoms with van der Waals surface area (Å²) in [6.45, 7) is 2.51. The molecule has 0 unspecified atom stereocenters. The Kier molecular flexibility index (Phi) is 4.21. The third-order valence-corrected chi connectivity index (χ3v) is 4.46. The summed E-state index contributed by atoms with van der Waals surface area (Å²) in [6.07, 6.45) is 0. The van der Waals surface area contributed by atoms with Crippen molar-refractivity contribution in [2.45, 2.75) is 13.5 Å². The minimum Gasteiger partial charge on any atom is -0.398 e. The molecule has 0 bridgehead atoms. The van der Waals surface area contributed by atoms with Crippen LogP contribution in [0, 0.1) is 6.92 Å². The van der Waals surface area contributed by atoms with E-state index in [1.807, 2.05) is 6.92 Å². The summed E-state index contributed by atoms with van der Waals surface area (Å²) in [5.41, 5.74) is 9.71. The first-order chi connectivity index (χ1) is 8.99. The van der Waals surface area contributed by atoms with Crippen LogP contribution in [0.15, 0.2) is 28.2 Å². The highest BCUT2D eigenvalue weighted by molar-refractivity contribution is 9.10. The molecule has 0 fully saturated rings. The average molecular weight is 340 g/mol. The third kappa shape index (κ3) is 3.13. The van der Waals surface area contributed by atoms with E-state index in [2.05, 4.69) is 20.9 Å². The highest BCUT2D eigenvalue weighted by Gasteiger charge is 2.14. The maximum Gasteiger partial charge on any atom is 0.253 e. The van der Waals surface area contributed by atoms with E-state index in [1.54, 1.807) is 47.0 Å². The van der Waals surface area contributed by atoms with Crippen molar-refractivity contribution in [2.75, 3.05) is 12.8 Å². The lowest BCUT2D eigenvalue weighted by Gasteiger charge is -2.17. The number of rotatable bonds is 3. The number of anilines is 1. The fourth-order valence-electron chi connectivity index (χ4n) is 1.66. The fraction of sp³-hybridized carbons (Fsp3) is 0.231. The van der Waals surface area contributed by atoms with E-state index < -0.39 is 0 Å². The van der Waals surface area contributed by atoms with Crippen LogP contribution in [-0.2, 0) is 6.54 Å². The van der Waals surface area contributed by atoms with Crippen LogP contribution >= 0.6 is 27.3 Å². The highest BCUT2D eigenvalue weighted by Crippen LogP contribution is 2.22. The molecule has 100 valence electrons. The molecule has 0 aliphatic heterocycles. The number of halogens is 1. The van der Waals surface area contributed by atoms with Crippen LogP contribution in [0.25, 0.3) is 0 Å². The summed E-state index contributed by atoms with van der Waals surface area (Å²) in [4.78, 5) is 19.2. The Morgan fingerprint density at radius 3 is 2.84 bits per heavy atom. The van der Waals surface area contributed by atoms with E-state index in [9.17, 15) is 4.79 Å². The monoisotopic (exact) mass is 339 g/mol. The third-order valence-electron chi connectivity index (χ3n) is 2.82. The number of aryl methyl sites for hydroxylation is 1. The number of nitrogens with zero attached hydrogens (tertiary/aromatic N) is 2. The predicted molar refractivity (Wildman–Crippen MR) is 81.2 cm³/mol. The Morgan fingerprint density at radius 2 is 2.26 bits per heavy atom. The molecule has 2 rings (SSSR count). The molecule has 0 radical (unpaired) electrons. The Labute approximate surface area is 124 Å². The van der Waals surface area contributed by atoms with Gasteiger partial charge in [0.15, 0.2) is 0 Å². The zero-order valence-corrected chi connectivity index (χ0v) is 13.1. The number of aromatic nitrogens is 1. The first-order valence-electron chi connectivity index (χ1n) is 5.68. The van der Waals surface area contributed by atoms with Crippen LogP contribution in [-0.4, -0.2) is 22.8 Å². The van der Waals surface area contributed by atoms with Gasteiger partial charge >= 0.3 is 0 Å². The lowest BCUT2D eigenvalue weighted by atomic mass is 10.2. The van der Waals surface area contributed by atoms with Crippen LogP contribution in [0.3, 0.4) is 0 Å². The number of carbonyl (C=O) groups is 1. The molecule has 2 N–H and O–H groups in total. The SMILES string of the molecule is Cc1ncsc1CN(C)C(=O)c1ccc(Br)c(N)c1. The molecule has 0 aliphatic carbocycles. The van der Waals surface area contributed by atoms with Crippen molar-refractivity contribution in [2.24, 2.45) is 0 Å². The van der Waals surface area contributed by atoms with Crippen molar-refractivity contribution in [1.29, 1.82) is 0 Å². The van der Waals surface area contributed by atoms with Gasteiger partial charge in [0.25, 0.3) is 5.91 Å². The highest BCUT2D eigenvalue weighted by atomic mass is 79.9. The Hall–Kier alpha value is -1.40. The second kappa shape index (κ2) is 5.71. The van der Waals surface area contributed by atoms with Gasteiger partial charge in [-0.1, -0.05) is 0 Å². The van der Waals surface area contributed by atoms with E-state index in [0.29, 0.717) is 17.8 Å². The van der Waals surface area contributed by atoms with Gasteiger partial charge in [0.05, 0.1) is 17.7 Å². The van der Waals surface area contributed by atoms with Gasteiger partial charge in [-0.05, 0) is 41.1 Å². The first kappa shape index (κ1) is 14.0. The average Bonchev–Trinajstić information content (AvgIpc) is 2.77. The summed E-state index contributed by atoms with van der Waals surface area (Å²) in [5, 5.41) is 0. The number of nitrogen functional groups attached to an aromatic ring is 1. The normalized spacial score (nSPS) is 10.5. The van der Waals surface area contributed by atoms with Gasteiger partial charge in [0, 0.05) is 27.6 Å². The molecule has 19 heavy (non-hydrogen) atoms. The minimum absolute atomic E-state index is 0.0491. The van der Waals surface area contributed by atoms with Gasteiger partial charge in [-0.15, -0.1) is 11.3 Å². The summed E-state index contributed by atoms with van der Waals surface area (Å²) in [7, 11) is 1.78. The van der Waals surface area contributed by atoms with Gasteiger partial charge in [-0.3, -0.25) is 4.79 Å². The Balaban J connectivity index is 2.15. The molecule has 0 aliphatic rings. The molecule has 1 aromatic heterocycles. The van der Waals surface area contributed by atoms with E-state index in [1.165, 1.54) is 0 Å². The summed E-state index contributed by atoms with van der Waals surface area (Å²) in [6, 6.07) is 5.23. The fourth-order valence-corrected chi connectivity index (χ4v) is 2.74. The predicted octanol–water partition coefficient (Wildman–Crippen LogP) is 3.07. The van der Waals surface area contributed by atoms with Crippen LogP contribution in [0.2, 0.25) is 0 Å². The standard InChI is InChI=1S/C13H14BrN3OS/c1-8-12(19-7-16-8)6-17(2)13(18)9-3-4-10(14)11(15)5-9/h3-5,7H,6,15H2,1-2H3. The summed E-state index contributed by atoms with van der Waals surface area (Å²) >= 11 is 4.88. The molecular formula is C13H14BrN3OS. The van der Waals surface area contributed by atoms with Crippen molar-refractivity contribution in [3.05, 3.63) is 44.3 Å². The maximum atomic E-state index is 12.3. The second-order valence-electron chi connectivity index (χ2n) is 4.26. The summed E-state index contributed by atoms with van der Waals surface area (Å²) in [5.74, 6) is -0.0491. The zero-order chi connectivity index (χ0) is 14.0. The van der Waals surface area contributed by atoms with Crippen LogP contribution in [0.5, 0.6) is 0 Å². The van der Waals surface area contributed by atoms with Crippen molar-refractivity contribution in [1.82, 2.24) is 9.88 Å². The number of carbonyl (C=O) groups excluding carboxylic acids is 1. The largest absolute Gasteiger partial charge is 0.398 e. The Bertz CT molecular complexity index is 612. The van der Waals surface area contributed by atoms with Crippen LogP contribution < -0.4 is 5.73 Å².